The lowest BCUT2D eigenvalue weighted by atomic mass is 10.3. The van der Waals surface area contributed by atoms with E-state index < -0.39 is 0 Å². The van der Waals surface area contributed by atoms with Gasteiger partial charge in [0, 0.05) is 11.4 Å². The highest BCUT2D eigenvalue weighted by Crippen LogP contribution is 2.27. The van der Waals surface area contributed by atoms with Crippen LogP contribution in [-0.4, -0.2) is 17.4 Å². The molecule has 0 saturated heterocycles. The molecule has 90 valence electrons. The molecular formula is C12H14N2O2S. The van der Waals surface area contributed by atoms with E-state index in [1.54, 1.807) is 6.26 Å². The molecule has 17 heavy (non-hydrogen) atoms. The molecule has 0 aromatic carbocycles. The Labute approximate surface area is 104 Å². The van der Waals surface area contributed by atoms with Crippen LogP contribution in [0.3, 0.4) is 0 Å². The van der Waals surface area contributed by atoms with Crippen LogP contribution in [0.2, 0.25) is 0 Å². The molecule has 0 unspecified atom stereocenters. The van der Waals surface area contributed by atoms with Gasteiger partial charge < -0.3 is 9.73 Å². The van der Waals surface area contributed by atoms with Crippen molar-refractivity contribution < 1.29 is 9.21 Å². The van der Waals surface area contributed by atoms with Gasteiger partial charge in [0.2, 0.25) is 0 Å². The fourth-order valence-electron chi connectivity index (χ4n) is 1.43. The highest BCUT2D eigenvalue weighted by molar-refractivity contribution is 7.15. The first-order valence-electron chi connectivity index (χ1n) is 5.52. The molecule has 0 saturated carbocycles. The Bertz CT molecular complexity index is 503. The van der Waals surface area contributed by atoms with Crippen LogP contribution < -0.4 is 5.32 Å². The normalized spacial score (nSPS) is 10.5. The number of carbonyl (C=O) groups excluding carboxylic acids is 1. The van der Waals surface area contributed by atoms with E-state index in [0.29, 0.717) is 18.0 Å². The molecular weight excluding hydrogens is 236 g/mol. The van der Waals surface area contributed by atoms with Gasteiger partial charge in [0.15, 0.2) is 10.8 Å². The van der Waals surface area contributed by atoms with E-state index in [9.17, 15) is 4.79 Å². The third kappa shape index (κ3) is 2.55. The number of aryl methyl sites for hydroxylation is 1. The minimum absolute atomic E-state index is 0.113. The van der Waals surface area contributed by atoms with Crippen LogP contribution in [0.5, 0.6) is 0 Å². The lowest BCUT2D eigenvalue weighted by molar-refractivity contribution is 0.0949. The zero-order chi connectivity index (χ0) is 12.3. The molecule has 2 rings (SSSR count). The summed E-state index contributed by atoms with van der Waals surface area (Å²) in [7, 11) is 0. The van der Waals surface area contributed by atoms with E-state index in [-0.39, 0.29) is 5.91 Å². The lowest BCUT2D eigenvalue weighted by Crippen LogP contribution is -2.24. The van der Waals surface area contributed by atoms with Crippen molar-refractivity contribution in [3.8, 4) is 10.8 Å². The molecule has 2 heterocycles. The molecule has 0 aliphatic rings. The molecule has 4 nitrogen and oxygen atoms in total. The number of hydrogen-bond donors (Lipinski definition) is 1. The van der Waals surface area contributed by atoms with E-state index in [0.717, 1.165) is 16.3 Å². The third-order valence-corrected chi connectivity index (χ3v) is 3.26. The topological polar surface area (TPSA) is 55.1 Å². The number of amides is 1. The molecule has 0 atom stereocenters. The van der Waals surface area contributed by atoms with Crippen LogP contribution >= 0.6 is 11.3 Å². The maximum absolute atomic E-state index is 11.8. The first-order valence-corrected chi connectivity index (χ1v) is 6.33. The minimum atomic E-state index is -0.113. The SMILES string of the molecule is CCCNC(=O)c1nc(-c2ccco2)sc1C. The fourth-order valence-corrected chi connectivity index (χ4v) is 2.31. The molecule has 2 aromatic heterocycles. The Hall–Kier alpha value is -1.62. The van der Waals surface area contributed by atoms with E-state index in [1.807, 2.05) is 26.0 Å². The Kier molecular flexibility index (Phi) is 3.58. The molecule has 5 heteroatoms. The van der Waals surface area contributed by atoms with Crippen LogP contribution in [0.1, 0.15) is 28.7 Å². The monoisotopic (exact) mass is 250 g/mol. The van der Waals surface area contributed by atoms with Gasteiger partial charge in [-0.2, -0.15) is 0 Å². The van der Waals surface area contributed by atoms with E-state index in [4.69, 9.17) is 4.42 Å². The fraction of sp³-hybridized carbons (Fsp3) is 0.333. The van der Waals surface area contributed by atoms with Crippen LogP contribution in [-0.2, 0) is 0 Å². The Morgan fingerprint density at radius 1 is 1.59 bits per heavy atom. The van der Waals surface area contributed by atoms with Crippen molar-refractivity contribution in [3.05, 3.63) is 29.0 Å². The molecule has 2 aromatic rings. The second-order valence-electron chi connectivity index (χ2n) is 3.66. The number of nitrogens with one attached hydrogen (secondary N) is 1. The first kappa shape index (κ1) is 11.9. The van der Waals surface area contributed by atoms with Crippen LogP contribution in [0, 0.1) is 6.92 Å². The summed E-state index contributed by atoms with van der Waals surface area (Å²) >= 11 is 1.47. The highest BCUT2D eigenvalue weighted by atomic mass is 32.1. The summed E-state index contributed by atoms with van der Waals surface area (Å²) in [5.74, 6) is 0.589. The Morgan fingerprint density at radius 2 is 2.41 bits per heavy atom. The molecule has 0 spiro atoms. The van der Waals surface area contributed by atoms with E-state index in [2.05, 4.69) is 10.3 Å². The summed E-state index contributed by atoms with van der Waals surface area (Å²) in [5.41, 5.74) is 0.495. The van der Waals surface area contributed by atoms with Crippen molar-refractivity contribution in [2.45, 2.75) is 20.3 Å². The molecule has 0 radical (unpaired) electrons. The van der Waals surface area contributed by atoms with Crippen molar-refractivity contribution in [2.75, 3.05) is 6.54 Å². The van der Waals surface area contributed by atoms with Gasteiger partial charge in [-0.3, -0.25) is 4.79 Å². The minimum Gasteiger partial charge on any atom is -0.462 e. The summed E-state index contributed by atoms with van der Waals surface area (Å²) < 4.78 is 5.26. The van der Waals surface area contributed by atoms with Crippen molar-refractivity contribution >= 4 is 17.2 Å². The summed E-state index contributed by atoms with van der Waals surface area (Å²) in [6, 6.07) is 3.65. The van der Waals surface area contributed by atoms with Crippen molar-refractivity contribution in [3.63, 3.8) is 0 Å². The third-order valence-electron chi connectivity index (χ3n) is 2.28. The molecule has 1 amide bonds. The zero-order valence-corrected chi connectivity index (χ0v) is 10.6. The smallest absolute Gasteiger partial charge is 0.271 e. The Balaban J connectivity index is 2.22. The van der Waals surface area contributed by atoms with Gasteiger partial charge in [0.25, 0.3) is 5.91 Å². The highest BCUT2D eigenvalue weighted by Gasteiger charge is 2.16. The van der Waals surface area contributed by atoms with Gasteiger partial charge in [-0.15, -0.1) is 11.3 Å². The number of carbonyl (C=O) groups is 1. The van der Waals surface area contributed by atoms with Crippen LogP contribution in [0.15, 0.2) is 22.8 Å². The van der Waals surface area contributed by atoms with Gasteiger partial charge in [-0.05, 0) is 25.5 Å². The average Bonchev–Trinajstić information content (AvgIpc) is 2.94. The summed E-state index contributed by atoms with van der Waals surface area (Å²) in [5, 5.41) is 3.57. The van der Waals surface area contributed by atoms with Crippen molar-refractivity contribution in [2.24, 2.45) is 0 Å². The molecule has 0 aliphatic heterocycles. The first-order chi connectivity index (χ1) is 8.22. The summed E-state index contributed by atoms with van der Waals surface area (Å²) in [6.45, 7) is 4.58. The van der Waals surface area contributed by atoms with Gasteiger partial charge in [0.05, 0.1) is 6.26 Å². The maximum Gasteiger partial charge on any atom is 0.271 e. The summed E-state index contributed by atoms with van der Waals surface area (Å²) in [4.78, 5) is 17.0. The number of thiazole rings is 1. The van der Waals surface area contributed by atoms with E-state index in [1.165, 1.54) is 11.3 Å². The molecule has 1 N–H and O–H groups in total. The van der Waals surface area contributed by atoms with Crippen LogP contribution in [0.25, 0.3) is 10.8 Å². The second kappa shape index (κ2) is 5.14. The lowest BCUT2D eigenvalue weighted by Gasteiger charge is -2.00. The number of aromatic nitrogens is 1. The van der Waals surface area contributed by atoms with Gasteiger partial charge in [-0.1, -0.05) is 6.92 Å². The molecule has 0 fully saturated rings. The number of furan rings is 1. The van der Waals surface area contributed by atoms with Crippen LogP contribution in [0.4, 0.5) is 0 Å². The van der Waals surface area contributed by atoms with Gasteiger partial charge in [-0.25, -0.2) is 4.98 Å². The number of hydrogen-bond acceptors (Lipinski definition) is 4. The summed E-state index contributed by atoms with van der Waals surface area (Å²) in [6.07, 6.45) is 2.52. The molecule has 0 aliphatic carbocycles. The quantitative estimate of drug-likeness (QED) is 0.907. The van der Waals surface area contributed by atoms with Gasteiger partial charge >= 0.3 is 0 Å². The standard InChI is InChI=1S/C12H14N2O2S/c1-3-6-13-11(15)10-8(2)17-12(14-10)9-5-4-7-16-9/h4-5,7H,3,6H2,1-2H3,(H,13,15). The second-order valence-corrected chi connectivity index (χ2v) is 4.86. The predicted molar refractivity (Wildman–Crippen MR) is 67.2 cm³/mol. The zero-order valence-electron chi connectivity index (χ0n) is 9.82. The largest absolute Gasteiger partial charge is 0.462 e. The predicted octanol–water partition coefficient (Wildman–Crippen LogP) is 2.85. The Morgan fingerprint density at radius 3 is 3.06 bits per heavy atom. The maximum atomic E-state index is 11.8. The van der Waals surface area contributed by atoms with Gasteiger partial charge in [0.1, 0.15) is 5.69 Å². The number of nitrogens with zero attached hydrogens (tertiary/aromatic N) is 1. The molecule has 0 bridgehead atoms. The van der Waals surface area contributed by atoms with Crippen molar-refractivity contribution in [1.29, 1.82) is 0 Å². The van der Waals surface area contributed by atoms with E-state index >= 15 is 0 Å². The average molecular weight is 250 g/mol. The number of rotatable bonds is 4. The van der Waals surface area contributed by atoms with Crippen molar-refractivity contribution in [1.82, 2.24) is 10.3 Å².